The Bertz CT molecular complexity index is 1170. The van der Waals surface area contributed by atoms with E-state index in [1.54, 1.807) is 0 Å². The third-order valence-electron chi connectivity index (χ3n) is 3.89. The van der Waals surface area contributed by atoms with Crippen molar-refractivity contribution in [3.63, 3.8) is 0 Å². The van der Waals surface area contributed by atoms with Crippen LogP contribution in [0.3, 0.4) is 0 Å². The van der Waals surface area contributed by atoms with Crippen LogP contribution in [0.25, 0.3) is 10.6 Å². The molecule has 0 saturated heterocycles. The molecular weight excluding hydrogens is 459 g/mol. The maximum Gasteiger partial charge on any atom is 0.403 e. The van der Waals surface area contributed by atoms with Gasteiger partial charge in [0.25, 0.3) is 0 Å². The van der Waals surface area contributed by atoms with Gasteiger partial charge in [-0.25, -0.2) is 18.4 Å². The molecule has 0 radical (unpaired) electrons. The third-order valence-corrected chi connectivity index (χ3v) is 7.44. The summed E-state index contributed by atoms with van der Waals surface area (Å²) in [5.74, 6) is -2.30. The summed E-state index contributed by atoms with van der Waals surface area (Å²) in [4.78, 5) is 21.5. The minimum atomic E-state index is -4.82. The van der Waals surface area contributed by atoms with Gasteiger partial charge in [0, 0.05) is 5.38 Å². The number of benzene rings is 1. The molecule has 3 rings (SSSR count). The van der Waals surface area contributed by atoms with Crippen molar-refractivity contribution in [2.75, 3.05) is 11.1 Å². The first kappa shape index (κ1) is 22.4. The Morgan fingerprint density at radius 3 is 2.37 bits per heavy atom. The zero-order chi connectivity index (χ0) is 22.1. The van der Waals surface area contributed by atoms with E-state index in [9.17, 15) is 26.4 Å². The predicted molar refractivity (Wildman–Crippen MR) is 110 cm³/mol. The Kier molecular flexibility index (Phi) is 6.29. The molecule has 0 spiro atoms. The number of carbonyl (C=O) groups excluding carboxylic acids is 1. The number of hydrogen-bond donors (Lipinski definition) is 1. The fraction of sp³-hybridized carbons (Fsp3) is 0.278. The Labute approximate surface area is 178 Å². The number of nitrogens with zero attached hydrogens (tertiary/aromatic N) is 2. The lowest BCUT2D eigenvalue weighted by Gasteiger charge is -2.08. The van der Waals surface area contributed by atoms with Crippen molar-refractivity contribution in [3.8, 4) is 10.6 Å². The number of aromatic nitrogens is 2. The normalized spacial score (nSPS) is 12.2. The molecule has 2 heterocycles. The lowest BCUT2D eigenvalue weighted by atomic mass is 10.1. The van der Waals surface area contributed by atoms with Crippen LogP contribution in [0.2, 0.25) is 0 Å². The number of rotatable bonds is 6. The molecule has 1 aromatic carbocycles. The van der Waals surface area contributed by atoms with Gasteiger partial charge in [-0.1, -0.05) is 12.1 Å². The lowest BCUT2D eigenvalue weighted by Crippen LogP contribution is -2.22. The van der Waals surface area contributed by atoms with Crippen LogP contribution in [-0.2, 0) is 21.1 Å². The molecule has 0 saturated carbocycles. The van der Waals surface area contributed by atoms with Crippen LogP contribution in [0.5, 0.6) is 0 Å². The molecule has 0 unspecified atom stereocenters. The van der Waals surface area contributed by atoms with Gasteiger partial charge < -0.3 is 5.32 Å². The third kappa shape index (κ3) is 5.64. The van der Waals surface area contributed by atoms with E-state index in [0.29, 0.717) is 10.7 Å². The number of hydrogen-bond acceptors (Lipinski definition) is 7. The summed E-state index contributed by atoms with van der Waals surface area (Å²) in [7, 11) is -4.48. The van der Waals surface area contributed by atoms with Gasteiger partial charge in [0.15, 0.2) is 20.7 Å². The van der Waals surface area contributed by atoms with Crippen molar-refractivity contribution in [1.29, 1.82) is 0 Å². The Morgan fingerprint density at radius 2 is 1.80 bits per heavy atom. The van der Waals surface area contributed by atoms with E-state index in [1.165, 1.54) is 34.8 Å². The summed E-state index contributed by atoms with van der Waals surface area (Å²) < 4.78 is 60.7. The van der Waals surface area contributed by atoms with Gasteiger partial charge >= 0.3 is 6.18 Å². The monoisotopic (exact) mass is 475 g/mol. The van der Waals surface area contributed by atoms with Crippen LogP contribution in [-0.4, -0.2) is 36.2 Å². The second-order valence-corrected chi connectivity index (χ2v) is 10.5. The second kappa shape index (κ2) is 8.44. The van der Waals surface area contributed by atoms with Crippen molar-refractivity contribution in [2.24, 2.45) is 0 Å². The standard InChI is InChI=1S/C18H16F3N3O3S3/c1-10-16(29-11(2)22-10)14-8-28-17(23-14)24-15(25)7-12-3-5-13(6-4-12)30(26,27)9-18(19,20)21/h3-6,8H,7,9H2,1-2H3,(H,23,24,25). The summed E-state index contributed by atoms with van der Waals surface area (Å²) in [6, 6.07) is 4.78. The lowest BCUT2D eigenvalue weighted by molar-refractivity contribution is -0.115. The van der Waals surface area contributed by atoms with Crippen molar-refractivity contribution < 1.29 is 26.4 Å². The van der Waals surface area contributed by atoms with Crippen LogP contribution in [0.15, 0.2) is 34.5 Å². The number of alkyl halides is 3. The first-order chi connectivity index (χ1) is 13.9. The van der Waals surface area contributed by atoms with Gasteiger partial charge in [0.1, 0.15) is 0 Å². The van der Waals surface area contributed by atoms with E-state index in [4.69, 9.17) is 0 Å². The molecule has 0 aliphatic rings. The maximum atomic E-state index is 12.4. The van der Waals surface area contributed by atoms with Crippen LogP contribution in [0.1, 0.15) is 16.3 Å². The molecule has 1 N–H and O–H groups in total. The highest BCUT2D eigenvalue weighted by atomic mass is 32.2. The molecule has 1 amide bonds. The number of amides is 1. The predicted octanol–water partition coefficient (Wildman–Crippen LogP) is 4.40. The highest BCUT2D eigenvalue weighted by Crippen LogP contribution is 2.32. The number of halogens is 3. The van der Waals surface area contributed by atoms with Gasteiger partial charge in [0.2, 0.25) is 5.91 Å². The molecule has 160 valence electrons. The Morgan fingerprint density at radius 1 is 1.13 bits per heavy atom. The number of carbonyl (C=O) groups is 1. The van der Waals surface area contributed by atoms with Crippen molar-refractivity contribution in [1.82, 2.24) is 9.97 Å². The zero-order valence-electron chi connectivity index (χ0n) is 15.8. The van der Waals surface area contributed by atoms with E-state index >= 15 is 0 Å². The van der Waals surface area contributed by atoms with Gasteiger partial charge in [-0.2, -0.15) is 13.2 Å². The van der Waals surface area contributed by atoms with E-state index < -0.39 is 26.7 Å². The Balaban J connectivity index is 1.64. The average molecular weight is 476 g/mol. The van der Waals surface area contributed by atoms with Gasteiger partial charge in [0.05, 0.1) is 32.6 Å². The largest absolute Gasteiger partial charge is 0.403 e. The van der Waals surface area contributed by atoms with Crippen molar-refractivity contribution in [2.45, 2.75) is 31.3 Å². The van der Waals surface area contributed by atoms with E-state index in [1.807, 2.05) is 19.2 Å². The van der Waals surface area contributed by atoms with E-state index in [-0.39, 0.29) is 12.3 Å². The number of anilines is 1. The molecule has 30 heavy (non-hydrogen) atoms. The van der Waals surface area contributed by atoms with E-state index in [2.05, 4.69) is 15.3 Å². The molecule has 12 heteroatoms. The molecule has 0 aliphatic carbocycles. The minimum absolute atomic E-state index is 0.0762. The smallest absolute Gasteiger partial charge is 0.302 e. The number of nitrogens with one attached hydrogen (secondary N) is 1. The zero-order valence-corrected chi connectivity index (χ0v) is 18.2. The topological polar surface area (TPSA) is 89.0 Å². The fourth-order valence-electron chi connectivity index (χ4n) is 2.67. The first-order valence-corrected chi connectivity index (χ1v) is 11.9. The average Bonchev–Trinajstić information content (AvgIpc) is 3.18. The maximum absolute atomic E-state index is 12.4. The van der Waals surface area contributed by atoms with Gasteiger partial charge in [-0.05, 0) is 31.5 Å². The molecule has 6 nitrogen and oxygen atoms in total. The summed E-state index contributed by atoms with van der Waals surface area (Å²) in [5.41, 5.74) is 2.04. The van der Waals surface area contributed by atoms with Gasteiger partial charge in [-0.15, -0.1) is 22.7 Å². The number of aryl methyl sites for hydroxylation is 2. The highest BCUT2D eigenvalue weighted by Gasteiger charge is 2.35. The Hall–Kier alpha value is -2.31. The van der Waals surface area contributed by atoms with Crippen molar-refractivity contribution in [3.05, 3.63) is 45.9 Å². The number of thiazole rings is 2. The van der Waals surface area contributed by atoms with Crippen molar-refractivity contribution >= 4 is 43.5 Å². The van der Waals surface area contributed by atoms with E-state index in [0.717, 1.165) is 33.4 Å². The molecule has 0 bridgehead atoms. The molecule has 3 aromatic rings. The van der Waals surface area contributed by atoms with Crippen LogP contribution in [0.4, 0.5) is 18.3 Å². The van der Waals surface area contributed by atoms with Crippen LogP contribution < -0.4 is 5.32 Å². The van der Waals surface area contributed by atoms with Crippen LogP contribution >= 0.6 is 22.7 Å². The molecular formula is C18H16F3N3O3S3. The summed E-state index contributed by atoms with van der Waals surface area (Å²) in [5, 5.41) is 5.81. The second-order valence-electron chi connectivity index (χ2n) is 6.43. The minimum Gasteiger partial charge on any atom is -0.302 e. The number of sulfone groups is 1. The summed E-state index contributed by atoms with van der Waals surface area (Å²) in [6.45, 7) is 3.78. The first-order valence-electron chi connectivity index (χ1n) is 8.51. The van der Waals surface area contributed by atoms with Crippen LogP contribution in [0, 0.1) is 13.8 Å². The molecule has 0 aliphatic heterocycles. The quantitative estimate of drug-likeness (QED) is 0.571. The molecule has 0 atom stereocenters. The SMILES string of the molecule is Cc1nc(C)c(-c2csc(NC(=O)Cc3ccc(S(=O)(=O)CC(F)(F)F)cc3)n2)s1. The molecule has 0 fully saturated rings. The summed E-state index contributed by atoms with van der Waals surface area (Å²) in [6.07, 6.45) is -4.90. The highest BCUT2D eigenvalue weighted by molar-refractivity contribution is 7.91. The summed E-state index contributed by atoms with van der Waals surface area (Å²) >= 11 is 2.77. The molecule has 2 aromatic heterocycles. The fourth-order valence-corrected chi connectivity index (χ4v) is 5.49. The van der Waals surface area contributed by atoms with Gasteiger partial charge in [-0.3, -0.25) is 4.79 Å².